The van der Waals surface area contributed by atoms with Gasteiger partial charge in [-0.25, -0.2) is 4.79 Å². The minimum Gasteiger partial charge on any atom is -0.481 e. The van der Waals surface area contributed by atoms with Gasteiger partial charge in [0.05, 0.1) is 13.2 Å². The Morgan fingerprint density at radius 2 is 1.52 bits per heavy atom. The number of aliphatic carboxylic acids is 1. The number of rotatable bonds is 6. The van der Waals surface area contributed by atoms with Crippen LogP contribution in [0.15, 0.2) is 24.3 Å². The molecular weight excluding hydrogens is 438 g/mol. The van der Waals surface area contributed by atoms with Gasteiger partial charge in [0.25, 0.3) is 5.60 Å². The summed E-state index contributed by atoms with van der Waals surface area (Å²) >= 11 is 0. The van der Waals surface area contributed by atoms with Gasteiger partial charge < -0.3 is 19.8 Å². The summed E-state index contributed by atoms with van der Waals surface area (Å²) in [5, 5.41) is 18.3. The average molecular weight is 458 g/mol. The number of ether oxygens (including phenoxy) is 1. The summed E-state index contributed by atoms with van der Waals surface area (Å²) in [6.07, 6.45) is -12.4. The lowest BCUT2D eigenvalue weighted by Crippen LogP contribution is -2.54. The zero-order chi connectivity index (χ0) is 23.4. The van der Waals surface area contributed by atoms with Crippen LogP contribution in [0.4, 0.5) is 36.8 Å². The van der Waals surface area contributed by atoms with Gasteiger partial charge in [-0.05, 0) is 18.6 Å². The Morgan fingerprint density at radius 3 is 1.97 bits per heavy atom. The zero-order valence-corrected chi connectivity index (χ0v) is 16.0. The molecule has 0 radical (unpaired) electrons. The fourth-order valence-electron chi connectivity index (χ4n) is 3.02. The smallest absolute Gasteiger partial charge is 0.430 e. The van der Waals surface area contributed by atoms with E-state index in [9.17, 15) is 41.0 Å². The standard InChI is InChI=1S/C18H20F6N2O5/c19-17(20,21)16(30,18(22,23)24)12-3-5-13(6-4-12)26(7-1-2-14(27)28)15(29)25-8-10-31-11-9-25/h3-6,30H,1-2,7-11H2,(H,27,28). The number of amides is 2. The van der Waals surface area contributed by atoms with E-state index < -0.39 is 35.5 Å². The Balaban J connectivity index is 2.36. The number of hydrogen-bond acceptors (Lipinski definition) is 4. The van der Waals surface area contributed by atoms with Crippen LogP contribution in [0, 0.1) is 0 Å². The lowest BCUT2D eigenvalue weighted by atomic mass is 9.92. The van der Waals surface area contributed by atoms with Crippen LogP contribution in [-0.4, -0.2) is 72.3 Å². The van der Waals surface area contributed by atoms with Gasteiger partial charge in [0.1, 0.15) is 0 Å². The van der Waals surface area contributed by atoms with Gasteiger partial charge in [-0.1, -0.05) is 12.1 Å². The van der Waals surface area contributed by atoms with Gasteiger partial charge in [0, 0.05) is 37.3 Å². The number of aliphatic hydroxyl groups is 1. The number of morpholine rings is 1. The molecule has 0 bridgehead atoms. The lowest BCUT2D eigenvalue weighted by Gasteiger charge is -2.34. The summed E-state index contributed by atoms with van der Waals surface area (Å²) in [6.45, 7) is 0.794. The van der Waals surface area contributed by atoms with Crippen molar-refractivity contribution in [3.8, 4) is 0 Å². The highest BCUT2D eigenvalue weighted by Crippen LogP contribution is 2.50. The molecule has 2 rings (SSSR count). The summed E-state index contributed by atoms with van der Waals surface area (Å²) in [7, 11) is 0. The molecule has 1 heterocycles. The lowest BCUT2D eigenvalue weighted by molar-refractivity contribution is -0.376. The molecule has 174 valence electrons. The predicted octanol–water partition coefficient (Wildman–Crippen LogP) is 3.12. The van der Waals surface area contributed by atoms with Gasteiger partial charge in [-0.2, -0.15) is 26.3 Å². The number of hydrogen-bond donors (Lipinski definition) is 2. The van der Waals surface area contributed by atoms with Gasteiger partial charge in [-0.15, -0.1) is 0 Å². The Bertz CT molecular complexity index is 761. The second-order valence-corrected chi connectivity index (χ2v) is 6.78. The molecule has 1 aliphatic heterocycles. The highest BCUT2D eigenvalue weighted by Gasteiger charge is 2.71. The number of halogens is 6. The zero-order valence-electron chi connectivity index (χ0n) is 16.0. The molecule has 2 N–H and O–H groups in total. The number of nitrogens with zero attached hydrogens (tertiary/aromatic N) is 2. The molecule has 1 aromatic rings. The first-order valence-corrected chi connectivity index (χ1v) is 9.11. The minimum absolute atomic E-state index is 0.00219. The van der Waals surface area contributed by atoms with Crippen LogP contribution in [-0.2, 0) is 15.1 Å². The molecule has 1 fully saturated rings. The summed E-state index contributed by atoms with van der Waals surface area (Å²) in [6, 6.07) is 1.97. The first-order valence-electron chi connectivity index (χ1n) is 9.11. The number of urea groups is 1. The minimum atomic E-state index is -6.03. The number of anilines is 1. The van der Waals surface area contributed by atoms with Gasteiger partial charge >= 0.3 is 24.4 Å². The maximum absolute atomic E-state index is 13.0. The number of carbonyl (C=O) groups is 2. The van der Waals surface area contributed by atoms with E-state index >= 15 is 0 Å². The number of carbonyl (C=O) groups excluding carboxylic acids is 1. The van der Waals surface area contributed by atoms with E-state index in [1.54, 1.807) is 0 Å². The largest absolute Gasteiger partial charge is 0.481 e. The summed E-state index contributed by atoms with van der Waals surface area (Å²) in [5.74, 6) is -1.13. The molecule has 2 amide bonds. The summed E-state index contributed by atoms with van der Waals surface area (Å²) in [5.41, 5.74) is -6.58. The topological polar surface area (TPSA) is 90.3 Å². The average Bonchev–Trinajstić information content (AvgIpc) is 2.69. The van der Waals surface area contributed by atoms with Crippen molar-refractivity contribution in [2.75, 3.05) is 37.7 Å². The second kappa shape index (κ2) is 9.30. The van der Waals surface area contributed by atoms with E-state index in [-0.39, 0.29) is 51.4 Å². The maximum Gasteiger partial charge on any atom is 0.430 e. The molecule has 7 nitrogen and oxygen atoms in total. The Hall–Kier alpha value is -2.54. The Morgan fingerprint density at radius 1 is 1.00 bits per heavy atom. The summed E-state index contributed by atoms with van der Waals surface area (Å²) in [4.78, 5) is 26.0. The molecule has 0 atom stereocenters. The highest BCUT2D eigenvalue weighted by molar-refractivity contribution is 5.92. The first-order chi connectivity index (χ1) is 14.3. The normalized spacial score (nSPS) is 15.6. The number of carboxylic acid groups (broad SMARTS) is 1. The van der Waals surface area contributed by atoms with E-state index in [1.165, 1.54) is 4.90 Å². The molecule has 0 saturated carbocycles. The fraction of sp³-hybridized carbons (Fsp3) is 0.556. The molecule has 0 aliphatic carbocycles. The molecule has 1 aliphatic rings. The van der Waals surface area contributed by atoms with Crippen molar-refractivity contribution in [1.82, 2.24) is 4.90 Å². The number of benzene rings is 1. The Labute approximate surface area is 172 Å². The van der Waals surface area contributed by atoms with Crippen LogP contribution in [0.3, 0.4) is 0 Å². The molecule has 13 heteroatoms. The maximum atomic E-state index is 13.0. The van der Waals surface area contributed by atoms with Crippen molar-refractivity contribution in [2.45, 2.75) is 30.8 Å². The molecular formula is C18H20F6N2O5. The predicted molar refractivity (Wildman–Crippen MR) is 94.5 cm³/mol. The monoisotopic (exact) mass is 458 g/mol. The quantitative estimate of drug-likeness (QED) is 0.640. The van der Waals surface area contributed by atoms with E-state index in [4.69, 9.17) is 9.84 Å². The molecule has 1 aromatic carbocycles. The van der Waals surface area contributed by atoms with Crippen LogP contribution in [0.2, 0.25) is 0 Å². The van der Waals surface area contributed by atoms with E-state index in [0.29, 0.717) is 12.1 Å². The number of alkyl halides is 6. The van der Waals surface area contributed by atoms with Crippen molar-refractivity contribution in [1.29, 1.82) is 0 Å². The van der Waals surface area contributed by atoms with Crippen LogP contribution in [0.25, 0.3) is 0 Å². The van der Waals surface area contributed by atoms with Crippen molar-refractivity contribution < 1.29 is 50.9 Å². The van der Waals surface area contributed by atoms with Crippen molar-refractivity contribution in [3.63, 3.8) is 0 Å². The van der Waals surface area contributed by atoms with Crippen LogP contribution < -0.4 is 4.90 Å². The fourth-order valence-corrected chi connectivity index (χ4v) is 3.02. The molecule has 1 saturated heterocycles. The molecule has 0 spiro atoms. The molecule has 0 unspecified atom stereocenters. The van der Waals surface area contributed by atoms with Crippen LogP contribution in [0.1, 0.15) is 18.4 Å². The van der Waals surface area contributed by atoms with Crippen LogP contribution >= 0.6 is 0 Å². The third-order valence-corrected chi connectivity index (χ3v) is 4.70. The van der Waals surface area contributed by atoms with E-state index in [1.807, 2.05) is 0 Å². The third kappa shape index (κ3) is 5.39. The van der Waals surface area contributed by atoms with Gasteiger partial charge in [0.15, 0.2) is 0 Å². The van der Waals surface area contributed by atoms with E-state index in [0.717, 1.165) is 17.0 Å². The Kier molecular flexibility index (Phi) is 7.42. The van der Waals surface area contributed by atoms with Crippen LogP contribution in [0.5, 0.6) is 0 Å². The first kappa shape index (κ1) is 24.7. The van der Waals surface area contributed by atoms with Crippen molar-refractivity contribution in [2.24, 2.45) is 0 Å². The van der Waals surface area contributed by atoms with Crippen molar-refractivity contribution in [3.05, 3.63) is 29.8 Å². The SMILES string of the molecule is O=C(O)CCCN(C(=O)N1CCOCC1)c1ccc(C(O)(C(F)(F)F)C(F)(F)F)cc1. The third-order valence-electron chi connectivity index (χ3n) is 4.70. The molecule has 0 aromatic heterocycles. The summed E-state index contributed by atoms with van der Waals surface area (Å²) < 4.78 is 83.4. The van der Waals surface area contributed by atoms with Gasteiger partial charge in [0.2, 0.25) is 0 Å². The van der Waals surface area contributed by atoms with Gasteiger partial charge in [-0.3, -0.25) is 9.69 Å². The highest BCUT2D eigenvalue weighted by atomic mass is 19.4. The van der Waals surface area contributed by atoms with Crippen molar-refractivity contribution >= 4 is 17.7 Å². The number of carboxylic acids is 1. The second-order valence-electron chi connectivity index (χ2n) is 6.78. The van der Waals surface area contributed by atoms with E-state index in [2.05, 4.69) is 0 Å². The molecule has 31 heavy (non-hydrogen) atoms.